The standard InChI is InChI=1S/C19H25NO5S/c1-4-5-18-16-11-20(10-15(16)17(12-25-18)19(21)24-3)26(22,23)14-8-6-13(2)7-9-14/h6-9,16,18H,4-5,10-12H2,1-3H3/t16-,18+/m0/s1. The molecule has 0 amide bonds. The van der Waals surface area contributed by atoms with Gasteiger partial charge < -0.3 is 9.47 Å². The van der Waals surface area contributed by atoms with Crippen LogP contribution in [0.4, 0.5) is 0 Å². The number of hydrogen-bond acceptors (Lipinski definition) is 5. The summed E-state index contributed by atoms with van der Waals surface area (Å²) in [6, 6.07) is 6.83. The highest BCUT2D eigenvalue weighted by molar-refractivity contribution is 7.89. The van der Waals surface area contributed by atoms with Crippen molar-refractivity contribution in [2.75, 3.05) is 26.8 Å². The van der Waals surface area contributed by atoms with Crippen molar-refractivity contribution in [3.05, 3.63) is 41.0 Å². The topological polar surface area (TPSA) is 72.9 Å². The normalized spacial score (nSPS) is 23.8. The molecule has 7 heteroatoms. The molecule has 2 aliphatic rings. The molecule has 0 bridgehead atoms. The van der Waals surface area contributed by atoms with Crippen molar-refractivity contribution in [3.8, 4) is 0 Å². The molecular formula is C19H25NO5S. The maximum absolute atomic E-state index is 13.0. The third-order valence-electron chi connectivity index (χ3n) is 5.14. The van der Waals surface area contributed by atoms with Crippen LogP contribution in [-0.2, 0) is 24.3 Å². The van der Waals surface area contributed by atoms with E-state index in [-0.39, 0.29) is 30.1 Å². The molecule has 1 aromatic carbocycles. The van der Waals surface area contributed by atoms with Crippen LogP contribution in [0.15, 0.2) is 40.3 Å². The molecule has 0 unspecified atom stereocenters. The predicted molar refractivity (Wildman–Crippen MR) is 97.1 cm³/mol. The van der Waals surface area contributed by atoms with E-state index in [1.54, 1.807) is 24.3 Å². The van der Waals surface area contributed by atoms with Gasteiger partial charge in [0.25, 0.3) is 0 Å². The zero-order valence-electron chi connectivity index (χ0n) is 15.4. The average Bonchev–Trinajstić information content (AvgIpc) is 3.08. The summed E-state index contributed by atoms with van der Waals surface area (Å²) in [6.07, 6.45) is 1.70. The van der Waals surface area contributed by atoms with Crippen molar-refractivity contribution < 1.29 is 22.7 Å². The van der Waals surface area contributed by atoms with Crippen LogP contribution in [0.1, 0.15) is 25.3 Å². The van der Waals surface area contributed by atoms with Crippen LogP contribution in [0.2, 0.25) is 0 Å². The Bertz CT molecular complexity index is 813. The van der Waals surface area contributed by atoms with Gasteiger partial charge in [0.1, 0.15) is 0 Å². The lowest BCUT2D eigenvalue weighted by Crippen LogP contribution is -2.35. The van der Waals surface area contributed by atoms with Gasteiger partial charge >= 0.3 is 5.97 Å². The van der Waals surface area contributed by atoms with Crippen molar-refractivity contribution in [1.82, 2.24) is 4.31 Å². The van der Waals surface area contributed by atoms with E-state index in [4.69, 9.17) is 9.47 Å². The fourth-order valence-electron chi connectivity index (χ4n) is 3.69. The minimum atomic E-state index is -3.62. The lowest BCUT2D eigenvalue weighted by atomic mass is 9.88. The number of aryl methyl sites for hydroxylation is 1. The zero-order chi connectivity index (χ0) is 18.9. The molecule has 1 fully saturated rings. The van der Waals surface area contributed by atoms with Gasteiger partial charge in [-0.3, -0.25) is 0 Å². The van der Waals surface area contributed by atoms with Gasteiger partial charge in [0, 0.05) is 19.0 Å². The number of rotatable bonds is 5. The maximum Gasteiger partial charge on any atom is 0.336 e. The number of fused-ring (bicyclic) bond motifs is 1. The molecule has 0 aliphatic carbocycles. The predicted octanol–water partition coefficient (Wildman–Crippen LogP) is 2.28. The molecule has 2 heterocycles. The number of carbonyl (C=O) groups is 1. The summed E-state index contributed by atoms with van der Waals surface area (Å²) < 4.78 is 38.3. The summed E-state index contributed by atoms with van der Waals surface area (Å²) in [5.41, 5.74) is 2.31. The van der Waals surface area contributed by atoms with E-state index < -0.39 is 16.0 Å². The Kier molecular flexibility index (Phi) is 5.50. The molecule has 0 spiro atoms. The van der Waals surface area contributed by atoms with E-state index in [1.807, 2.05) is 6.92 Å². The molecule has 142 valence electrons. The van der Waals surface area contributed by atoms with Crippen LogP contribution in [0.3, 0.4) is 0 Å². The number of hydrogen-bond donors (Lipinski definition) is 0. The van der Waals surface area contributed by atoms with E-state index >= 15 is 0 Å². The van der Waals surface area contributed by atoms with Crippen molar-refractivity contribution in [2.24, 2.45) is 5.92 Å². The van der Waals surface area contributed by atoms with Crippen LogP contribution < -0.4 is 0 Å². The van der Waals surface area contributed by atoms with E-state index in [1.165, 1.54) is 11.4 Å². The molecule has 0 saturated carbocycles. The Morgan fingerprint density at radius 2 is 2.00 bits per heavy atom. The molecule has 6 nitrogen and oxygen atoms in total. The minimum absolute atomic E-state index is 0.0679. The summed E-state index contributed by atoms with van der Waals surface area (Å²) in [7, 11) is -2.28. The second kappa shape index (κ2) is 7.50. The van der Waals surface area contributed by atoms with Crippen LogP contribution in [0.25, 0.3) is 0 Å². The summed E-state index contributed by atoms with van der Waals surface area (Å²) in [4.78, 5) is 12.4. The first kappa shape index (κ1) is 19.1. The van der Waals surface area contributed by atoms with Gasteiger partial charge in [0.05, 0.1) is 30.3 Å². The smallest absolute Gasteiger partial charge is 0.336 e. The molecule has 0 radical (unpaired) electrons. The zero-order valence-corrected chi connectivity index (χ0v) is 16.2. The fraction of sp³-hybridized carbons (Fsp3) is 0.526. The fourth-order valence-corrected chi connectivity index (χ4v) is 5.13. The van der Waals surface area contributed by atoms with Crippen LogP contribution in [0, 0.1) is 12.8 Å². The number of methoxy groups -OCH3 is 1. The summed E-state index contributed by atoms with van der Waals surface area (Å²) in [5.74, 6) is -0.535. The molecule has 3 rings (SSSR count). The van der Waals surface area contributed by atoms with E-state index in [9.17, 15) is 13.2 Å². The Balaban J connectivity index is 1.95. The van der Waals surface area contributed by atoms with E-state index in [0.29, 0.717) is 12.1 Å². The maximum atomic E-state index is 13.0. The van der Waals surface area contributed by atoms with Crippen LogP contribution in [-0.4, -0.2) is 51.6 Å². The molecule has 0 N–H and O–H groups in total. The number of ether oxygens (including phenoxy) is 2. The van der Waals surface area contributed by atoms with Crippen molar-refractivity contribution >= 4 is 16.0 Å². The summed E-state index contributed by atoms with van der Waals surface area (Å²) in [5, 5.41) is 0. The third-order valence-corrected chi connectivity index (χ3v) is 6.96. The van der Waals surface area contributed by atoms with Crippen molar-refractivity contribution in [2.45, 2.75) is 37.7 Å². The molecule has 2 atom stereocenters. The first-order chi connectivity index (χ1) is 12.4. The van der Waals surface area contributed by atoms with Gasteiger partial charge in [-0.25, -0.2) is 13.2 Å². The number of nitrogens with zero attached hydrogens (tertiary/aromatic N) is 1. The van der Waals surface area contributed by atoms with Crippen LogP contribution in [0.5, 0.6) is 0 Å². The molecule has 2 aliphatic heterocycles. The second-order valence-electron chi connectivity index (χ2n) is 6.85. The van der Waals surface area contributed by atoms with Gasteiger partial charge in [0.2, 0.25) is 10.0 Å². The first-order valence-electron chi connectivity index (χ1n) is 8.87. The second-order valence-corrected chi connectivity index (χ2v) is 8.79. The Hall–Kier alpha value is -1.70. The van der Waals surface area contributed by atoms with Gasteiger partial charge in [-0.2, -0.15) is 4.31 Å². The number of benzene rings is 1. The van der Waals surface area contributed by atoms with Gasteiger partial charge in [0.15, 0.2) is 0 Å². The molecule has 0 aromatic heterocycles. The third kappa shape index (κ3) is 3.43. The van der Waals surface area contributed by atoms with Crippen LogP contribution >= 0.6 is 0 Å². The Labute approximate surface area is 154 Å². The summed E-state index contributed by atoms with van der Waals surface area (Å²) in [6.45, 7) is 4.71. The van der Waals surface area contributed by atoms with E-state index in [2.05, 4.69) is 6.92 Å². The van der Waals surface area contributed by atoms with E-state index in [0.717, 1.165) is 24.0 Å². The Morgan fingerprint density at radius 1 is 1.31 bits per heavy atom. The van der Waals surface area contributed by atoms with Gasteiger partial charge in [-0.1, -0.05) is 31.0 Å². The number of esters is 1. The van der Waals surface area contributed by atoms with Gasteiger partial charge in [-0.05, 0) is 31.1 Å². The highest BCUT2D eigenvalue weighted by atomic mass is 32.2. The number of sulfonamides is 1. The average molecular weight is 379 g/mol. The molecule has 26 heavy (non-hydrogen) atoms. The van der Waals surface area contributed by atoms with Crippen molar-refractivity contribution in [3.63, 3.8) is 0 Å². The molecule has 1 aromatic rings. The quantitative estimate of drug-likeness (QED) is 0.734. The highest BCUT2D eigenvalue weighted by Crippen LogP contribution is 2.38. The lowest BCUT2D eigenvalue weighted by Gasteiger charge is -2.30. The largest absolute Gasteiger partial charge is 0.466 e. The Morgan fingerprint density at radius 3 is 2.62 bits per heavy atom. The highest BCUT2D eigenvalue weighted by Gasteiger charge is 2.44. The first-order valence-corrected chi connectivity index (χ1v) is 10.3. The number of carbonyl (C=O) groups excluding carboxylic acids is 1. The van der Waals surface area contributed by atoms with Gasteiger partial charge in [-0.15, -0.1) is 0 Å². The minimum Gasteiger partial charge on any atom is -0.466 e. The summed E-state index contributed by atoms with van der Waals surface area (Å²) >= 11 is 0. The SMILES string of the molecule is CCC[C@H]1OCC(C(=O)OC)=C2CN(S(=O)(=O)c3ccc(C)cc3)C[C@@H]21. The van der Waals surface area contributed by atoms with Crippen molar-refractivity contribution in [1.29, 1.82) is 0 Å². The molecule has 1 saturated heterocycles. The lowest BCUT2D eigenvalue weighted by molar-refractivity contribution is -0.137. The monoisotopic (exact) mass is 379 g/mol. The molecular weight excluding hydrogens is 354 g/mol.